The van der Waals surface area contributed by atoms with E-state index in [9.17, 15) is 13.6 Å². The van der Waals surface area contributed by atoms with Crippen LogP contribution in [0.2, 0.25) is 5.02 Å². The lowest BCUT2D eigenvalue weighted by molar-refractivity contribution is 0.384. The van der Waals surface area contributed by atoms with E-state index in [1.165, 1.54) is 6.07 Å². The van der Waals surface area contributed by atoms with Crippen LogP contribution < -0.4 is 5.56 Å². The van der Waals surface area contributed by atoms with E-state index in [1.54, 1.807) is 12.1 Å². The Balaban J connectivity index is 1.71. The first-order chi connectivity index (χ1) is 12.9. The zero-order valence-electron chi connectivity index (χ0n) is 13.4. The molecule has 2 aromatic carbocycles. The predicted octanol–water partition coefficient (Wildman–Crippen LogP) is 4.86. The van der Waals surface area contributed by atoms with Crippen molar-refractivity contribution in [2.45, 2.75) is 6.42 Å². The molecule has 4 rings (SSSR count). The van der Waals surface area contributed by atoms with Crippen LogP contribution in [0.15, 0.2) is 50.2 Å². The molecule has 5 nitrogen and oxygen atoms in total. The van der Waals surface area contributed by atoms with Crippen molar-refractivity contribution in [3.05, 3.63) is 79.3 Å². The molecular formula is C18H9BrClF2N3O2. The lowest BCUT2D eigenvalue weighted by atomic mass is 10.1. The summed E-state index contributed by atoms with van der Waals surface area (Å²) in [4.78, 5) is 19.2. The van der Waals surface area contributed by atoms with Gasteiger partial charge in [-0.05, 0) is 35.9 Å². The number of nitrogens with one attached hydrogen (secondary N) is 1. The molecule has 0 spiro atoms. The molecule has 0 unspecified atom stereocenters. The fourth-order valence-corrected chi connectivity index (χ4v) is 3.21. The van der Waals surface area contributed by atoms with Gasteiger partial charge in [-0.25, -0.2) is 8.78 Å². The Labute approximate surface area is 164 Å². The highest BCUT2D eigenvalue weighted by atomic mass is 79.9. The quantitative estimate of drug-likeness (QED) is 0.451. The average Bonchev–Trinajstić information content (AvgIpc) is 3.10. The van der Waals surface area contributed by atoms with Gasteiger partial charge in [0.1, 0.15) is 16.7 Å². The van der Waals surface area contributed by atoms with Crippen molar-refractivity contribution in [1.82, 2.24) is 15.1 Å². The van der Waals surface area contributed by atoms with E-state index in [4.69, 9.17) is 16.1 Å². The normalized spacial score (nSPS) is 11.3. The molecule has 0 atom stereocenters. The highest BCUT2D eigenvalue weighted by molar-refractivity contribution is 9.10. The number of hydrogen-bond acceptors (Lipinski definition) is 4. The number of benzene rings is 2. The van der Waals surface area contributed by atoms with E-state index < -0.39 is 16.7 Å². The molecule has 2 aromatic heterocycles. The smallest absolute Gasteiger partial charge is 0.259 e. The lowest BCUT2D eigenvalue weighted by Crippen LogP contribution is -2.09. The Morgan fingerprint density at radius 1 is 1.19 bits per heavy atom. The standard InChI is InChI=1S/C18H9BrClF2N3O2/c19-10-2-4-13-9(5-10)6-11(18(26)23-13)17-24-14(27-25-17)7-8-1-3-12(21)15(20)16(8)22/h1-6H,7H2,(H,23,26). The van der Waals surface area contributed by atoms with E-state index in [0.717, 1.165) is 15.9 Å². The Kier molecular flexibility index (Phi) is 4.53. The summed E-state index contributed by atoms with van der Waals surface area (Å²) >= 11 is 8.95. The van der Waals surface area contributed by atoms with Crippen molar-refractivity contribution in [3.8, 4) is 11.4 Å². The van der Waals surface area contributed by atoms with Gasteiger partial charge in [-0.3, -0.25) is 4.79 Å². The topological polar surface area (TPSA) is 71.8 Å². The summed E-state index contributed by atoms with van der Waals surface area (Å²) in [7, 11) is 0. The second-order valence-electron chi connectivity index (χ2n) is 5.77. The van der Waals surface area contributed by atoms with Gasteiger partial charge in [0.25, 0.3) is 5.56 Å². The number of halogens is 4. The first-order valence-electron chi connectivity index (χ1n) is 7.70. The van der Waals surface area contributed by atoms with Crippen LogP contribution in [-0.2, 0) is 6.42 Å². The molecule has 9 heteroatoms. The molecular weight excluding hydrogens is 444 g/mol. The van der Waals surface area contributed by atoms with Gasteiger partial charge < -0.3 is 9.51 Å². The van der Waals surface area contributed by atoms with Gasteiger partial charge in [0.15, 0.2) is 0 Å². The van der Waals surface area contributed by atoms with Gasteiger partial charge in [-0.1, -0.05) is 38.8 Å². The van der Waals surface area contributed by atoms with E-state index in [1.807, 2.05) is 12.1 Å². The molecule has 4 aromatic rings. The highest BCUT2D eigenvalue weighted by Gasteiger charge is 2.17. The van der Waals surface area contributed by atoms with Crippen molar-refractivity contribution in [1.29, 1.82) is 0 Å². The monoisotopic (exact) mass is 451 g/mol. The second kappa shape index (κ2) is 6.86. The number of fused-ring (bicyclic) bond motifs is 1. The van der Waals surface area contributed by atoms with Gasteiger partial charge in [-0.2, -0.15) is 4.98 Å². The summed E-state index contributed by atoms with van der Waals surface area (Å²) in [5, 5.41) is 3.98. The highest BCUT2D eigenvalue weighted by Crippen LogP contribution is 2.25. The third-order valence-corrected chi connectivity index (χ3v) is 4.81. The maximum atomic E-state index is 14.0. The molecule has 0 aliphatic rings. The van der Waals surface area contributed by atoms with Gasteiger partial charge in [0, 0.05) is 15.4 Å². The summed E-state index contributed by atoms with van der Waals surface area (Å²) in [6.07, 6.45) is -0.0874. The molecule has 136 valence electrons. The van der Waals surface area contributed by atoms with E-state index >= 15 is 0 Å². The third-order valence-electron chi connectivity index (χ3n) is 3.97. The van der Waals surface area contributed by atoms with Gasteiger partial charge in [0.2, 0.25) is 11.7 Å². The van der Waals surface area contributed by atoms with E-state index in [0.29, 0.717) is 5.52 Å². The molecule has 2 heterocycles. The molecule has 0 saturated carbocycles. The van der Waals surface area contributed by atoms with Crippen LogP contribution in [-0.4, -0.2) is 15.1 Å². The Morgan fingerprint density at radius 3 is 2.81 bits per heavy atom. The summed E-state index contributed by atoms with van der Waals surface area (Å²) < 4.78 is 33.3. The summed E-state index contributed by atoms with van der Waals surface area (Å²) in [5.41, 5.74) is 0.605. The number of hydrogen-bond donors (Lipinski definition) is 1. The molecule has 0 amide bonds. The number of nitrogens with zero attached hydrogens (tertiary/aromatic N) is 2. The van der Waals surface area contributed by atoms with Crippen molar-refractivity contribution in [3.63, 3.8) is 0 Å². The van der Waals surface area contributed by atoms with E-state index in [-0.39, 0.29) is 34.8 Å². The molecule has 27 heavy (non-hydrogen) atoms. The fourth-order valence-electron chi connectivity index (χ4n) is 2.65. The van der Waals surface area contributed by atoms with Crippen LogP contribution >= 0.6 is 27.5 Å². The zero-order valence-corrected chi connectivity index (χ0v) is 15.7. The third kappa shape index (κ3) is 3.38. The average molecular weight is 453 g/mol. The van der Waals surface area contributed by atoms with Gasteiger partial charge >= 0.3 is 0 Å². The largest absolute Gasteiger partial charge is 0.339 e. The summed E-state index contributed by atoms with van der Waals surface area (Å²) in [5.74, 6) is -1.59. The number of aromatic nitrogens is 3. The SMILES string of the molecule is O=c1[nH]c2ccc(Br)cc2cc1-c1noc(Cc2ccc(F)c(Cl)c2F)n1. The number of pyridine rings is 1. The lowest BCUT2D eigenvalue weighted by Gasteiger charge is -2.02. The van der Waals surface area contributed by atoms with Crippen molar-refractivity contribution < 1.29 is 13.3 Å². The first kappa shape index (κ1) is 17.8. The molecule has 0 saturated heterocycles. The van der Waals surface area contributed by atoms with Crippen LogP contribution in [0.5, 0.6) is 0 Å². The molecule has 0 aliphatic carbocycles. The van der Waals surface area contributed by atoms with Crippen LogP contribution in [0.3, 0.4) is 0 Å². The van der Waals surface area contributed by atoms with Crippen molar-refractivity contribution in [2.24, 2.45) is 0 Å². The summed E-state index contributed by atoms with van der Waals surface area (Å²) in [6, 6.07) is 9.37. The van der Waals surface area contributed by atoms with Crippen LogP contribution in [0.1, 0.15) is 11.5 Å². The minimum Gasteiger partial charge on any atom is -0.339 e. The fraction of sp³-hybridized carbons (Fsp3) is 0.0556. The molecule has 0 fully saturated rings. The second-order valence-corrected chi connectivity index (χ2v) is 7.06. The number of aromatic amines is 1. The maximum absolute atomic E-state index is 14.0. The Morgan fingerprint density at radius 2 is 2.00 bits per heavy atom. The maximum Gasteiger partial charge on any atom is 0.259 e. The molecule has 0 aliphatic heterocycles. The van der Waals surface area contributed by atoms with Crippen molar-refractivity contribution in [2.75, 3.05) is 0 Å². The summed E-state index contributed by atoms with van der Waals surface area (Å²) in [6.45, 7) is 0. The van der Waals surface area contributed by atoms with Crippen LogP contribution in [0.25, 0.3) is 22.3 Å². The van der Waals surface area contributed by atoms with Gasteiger partial charge in [-0.15, -0.1) is 0 Å². The minimum absolute atomic E-state index is 0.0697. The number of rotatable bonds is 3. The first-order valence-corrected chi connectivity index (χ1v) is 8.87. The molecule has 0 bridgehead atoms. The zero-order chi connectivity index (χ0) is 19.1. The number of H-pyrrole nitrogens is 1. The van der Waals surface area contributed by atoms with Crippen molar-refractivity contribution >= 4 is 38.4 Å². The minimum atomic E-state index is -0.884. The Bertz CT molecular complexity index is 1240. The van der Waals surface area contributed by atoms with Crippen LogP contribution in [0.4, 0.5) is 8.78 Å². The Hall–Kier alpha value is -2.58. The van der Waals surface area contributed by atoms with Crippen LogP contribution in [0, 0.1) is 11.6 Å². The molecule has 1 N–H and O–H groups in total. The van der Waals surface area contributed by atoms with E-state index in [2.05, 4.69) is 31.1 Å². The molecule has 0 radical (unpaired) electrons. The van der Waals surface area contributed by atoms with Gasteiger partial charge in [0.05, 0.1) is 12.0 Å². The predicted molar refractivity (Wildman–Crippen MR) is 99.7 cm³/mol.